The molecule has 1 fully saturated rings. The standard InChI is InChI=1S/C21H23FN8/c1-11(2)30(10-13-5-14(22)6-18-15(13)9-25-27-18)21-24-8-16(20(23)26-21)19-7-17(28-29-19)12-3-4-12/h5-9,11-12H,3-4,10H2,1-2H3,(H,25,27)(H,28,29)(H2,23,24,26). The number of aromatic amines is 2. The number of nitrogen functional groups attached to an aromatic ring is 1. The second-order valence-corrected chi connectivity index (χ2v) is 8.07. The van der Waals surface area contributed by atoms with E-state index in [4.69, 9.17) is 5.73 Å². The number of anilines is 2. The number of benzene rings is 1. The van der Waals surface area contributed by atoms with Gasteiger partial charge in [-0.15, -0.1) is 0 Å². The molecule has 0 atom stereocenters. The summed E-state index contributed by atoms with van der Waals surface area (Å²) in [6, 6.07) is 5.06. The minimum atomic E-state index is -0.314. The molecule has 3 aromatic heterocycles. The highest BCUT2D eigenvalue weighted by Crippen LogP contribution is 2.40. The molecule has 0 amide bonds. The Morgan fingerprint density at radius 2 is 2.03 bits per heavy atom. The normalized spacial score (nSPS) is 14.0. The number of nitrogens with zero attached hydrogens (tertiary/aromatic N) is 5. The predicted molar refractivity (Wildman–Crippen MR) is 113 cm³/mol. The lowest BCUT2D eigenvalue weighted by Crippen LogP contribution is -2.32. The first-order chi connectivity index (χ1) is 14.5. The van der Waals surface area contributed by atoms with Gasteiger partial charge in [-0.3, -0.25) is 10.2 Å². The zero-order valence-corrected chi connectivity index (χ0v) is 16.9. The summed E-state index contributed by atoms with van der Waals surface area (Å²) in [6.07, 6.45) is 5.80. The molecule has 8 nitrogen and oxygen atoms in total. The van der Waals surface area contributed by atoms with E-state index in [9.17, 15) is 4.39 Å². The van der Waals surface area contributed by atoms with Crippen LogP contribution in [0.15, 0.2) is 30.6 Å². The van der Waals surface area contributed by atoms with Crippen molar-refractivity contribution in [3.8, 4) is 11.3 Å². The number of H-pyrrole nitrogens is 2. The van der Waals surface area contributed by atoms with Crippen LogP contribution in [-0.4, -0.2) is 36.4 Å². The topological polar surface area (TPSA) is 112 Å². The summed E-state index contributed by atoms with van der Waals surface area (Å²) >= 11 is 0. The highest BCUT2D eigenvalue weighted by molar-refractivity contribution is 5.82. The molecule has 1 aliphatic carbocycles. The van der Waals surface area contributed by atoms with E-state index in [1.807, 2.05) is 24.8 Å². The summed E-state index contributed by atoms with van der Waals surface area (Å²) in [5.41, 5.74) is 10.3. The summed E-state index contributed by atoms with van der Waals surface area (Å²) in [5.74, 6) is 1.12. The Bertz CT molecular complexity index is 1210. The Morgan fingerprint density at radius 1 is 1.20 bits per heavy atom. The maximum atomic E-state index is 14.1. The Balaban J connectivity index is 1.46. The predicted octanol–water partition coefficient (Wildman–Crippen LogP) is 3.76. The molecule has 0 radical (unpaired) electrons. The first-order valence-corrected chi connectivity index (χ1v) is 10.1. The molecule has 4 N–H and O–H groups in total. The number of nitrogens with one attached hydrogen (secondary N) is 2. The molecule has 1 aliphatic rings. The van der Waals surface area contributed by atoms with Gasteiger partial charge in [0.05, 0.1) is 23.0 Å². The van der Waals surface area contributed by atoms with E-state index in [-0.39, 0.29) is 11.9 Å². The van der Waals surface area contributed by atoms with Gasteiger partial charge in [0, 0.05) is 35.8 Å². The fourth-order valence-electron chi connectivity index (χ4n) is 3.68. The van der Waals surface area contributed by atoms with Crippen LogP contribution < -0.4 is 10.6 Å². The zero-order valence-electron chi connectivity index (χ0n) is 16.9. The number of hydrogen-bond acceptors (Lipinski definition) is 6. The highest BCUT2D eigenvalue weighted by atomic mass is 19.1. The van der Waals surface area contributed by atoms with Crippen molar-refractivity contribution < 1.29 is 4.39 Å². The molecule has 0 unspecified atom stereocenters. The lowest BCUT2D eigenvalue weighted by Gasteiger charge is -2.27. The molecule has 0 aliphatic heterocycles. The molecule has 3 heterocycles. The molecule has 0 saturated heterocycles. The first kappa shape index (κ1) is 18.5. The van der Waals surface area contributed by atoms with Crippen molar-refractivity contribution in [1.29, 1.82) is 0 Å². The molecule has 1 aromatic carbocycles. The van der Waals surface area contributed by atoms with E-state index in [0.29, 0.717) is 35.3 Å². The third kappa shape index (κ3) is 3.36. The van der Waals surface area contributed by atoms with Gasteiger partial charge in [-0.05, 0) is 50.5 Å². The summed E-state index contributed by atoms with van der Waals surface area (Å²) < 4.78 is 14.1. The maximum absolute atomic E-state index is 14.1. The van der Waals surface area contributed by atoms with Crippen molar-refractivity contribution in [3.05, 3.63) is 47.7 Å². The van der Waals surface area contributed by atoms with Gasteiger partial charge in [0.1, 0.15) is 11.6 Å². The Kier molecular flexibility index (Phi) is 4.38. The number of fused-ring (bicyclic) bond motifs is 1. The van der Waals surface area contributed by atoms with E-state index in [1.54, 1.807) is 12.4 Å². The minimum absolute atomic E-state index is 0.0762. The summed E-state index contributed by atoms with van der Waals surface area (Å²) in [6.45, 7) is 4.50. The SMILES string of the molecule is CC(C)N(Cc1cc(F)cc2[nH]ncc12)c1ncc(-c2cc(C3CC3)[nH]n2)c(N)n1. The molecular formula is C21H23FN8. The van der Waals surface area contributed by atoms with Crippen LogP contribution in [0.4, 0.5) is 16.2 Å². The molecule has 154 valence electrons. The number of aromatic nitrogens is 6. The van der Waals surface area contributed by atoms with Gasteiger partial charge in [0.25, 0.3) is 0 Å². The van der Waals surface area contributed by atoms with E-state index in [1.165, 1.54) is 25.0 Å². The van der Waals surface area contributed by atoms with Crippen LogP contribution in [0.1, 0.15) is 43.9 Å². The number of rotatable bonds is 6. The molecule has 30 heavy (non-hydrogen) atoms. The second-order valence-electron chi connectivity index (χ2n) is 8.07. The van der Waals surface area contributed by atoms with Gasteiger partial charge in [-0.2, -0.15) is 15.2 Å². The molecule has 9 heteroatoms. The van der Waals surface area contributed by atoms with E-state index < -0.39 is 0 Å². The van der Waals surface area contributed by atoms with Gasteiger partial charge in [-0.25, -0.2) is 9.37 Å². The van der Waals surface area contributed by atoms with Crippen molar-refractivity contribution >= 4 is 22.7 Å². The minimum Gasteiger partial charge on any atom is -0.383 e. The van der Waals surface area contributed by atoms with Crippen LogP contribution in [0.25, 0.3) is 22.2 Å². The van der Waals surface area contributed by atoms with Gasteiger partial charge in [0.15, 0.2) is 0 Å². The number of nitrogens with two attached hydrogens (primary N) is 1. The van der Waals surface area contributed by atoms with Crippen LogP contribution in [0, 0.1) is 5.82 Å². The Hall–Kier alpha value is -3.49. The summed E-state index contributed by atoms with van der Waals surface area (Å²) in [7, 11) is 0. The molecule has 0 bridgehead atoms. The van der Waals surface area contributed by atoms with Gasteiger partial charge in [-0.1, -0.05) is 0 Å². The van der Waals surface area contributed by atoms with Crippen molar-refractivity contribution in [3.63, 3.8) is 0 Å². The zero-order chi connectivity index (χ0) is 20.8. The molecule has 0 spiro atoms. The quantitative estimate of drug-likeness (QED) is 0.449. The van der Waals surface area contributed by atoms with Crippen molar-refractivity contribution in [2.75, 3.05) is 10.6 Å². The first-order valence-electron chi connectivity index (χ1n) is 10.1. The third-order valence-corrected chi connectivity index (χ3v) is 5.53. The van der Waals surface area contributed by atoms with Crippen molar-refractivity contribution in [2.45, 2.75) is 45.2 Å². The monoisotopic (exact) mass is 406 g/mol. The third-order valence-electron chi connectivity index (χ3n) is 5.53. The number of halogens is 1. The average Bonchev–Trinajstić information content (AvgIpc) is 3.25. The van der Waals surface area contributed by atoms with E-state index in [0.717, 1.165) is 22.3 Å². The molecule has 5 rings (SSSR count). The Morgan fingerprint density at radius 3 is 2.77 bits per heavy atom. The Labute approximate surface area is 172 Å². The lowest BCUT2D eigenvalue weighted by atomic mass is 10.1. The van der Waals surface area contributed by atoms with Gasteiger partial charge in [0.2, 0.25) is 5.95 Å². The summed E-state index contributed by atoms with van der Waals surface area (Å²) in [4.78, 5) is 11.1. The highest BCUT2D eigenvalue weighted by Gasteiger charge is 2.26. The van der Waals surface area contributed by atoms with Crippen LogP contribution in [0.5, 0.6) is 0 Å². The van der Waals surface area contributed by atoms with Crippen molar-refractivity contribution in [1.82, 2.24) is 30.4 Å². The van der Waals surface area contributed by atoms with Crippen LogP contribution >= 0.6 is 0 Å². The lowest BCUT2D eigenvalue weighted by molar-refractivity contribution is 0.621. The summed E-state index contributed by atoms with van der Waals surface area (Å²) in [5, 5.41) is 15.2. The maximum Gasteiger partial charge on any atom is 0.227 e. The smallest absolute Gasteiger partial charge is 0.227 e. The molecule has 1 saturated carbocycles. The van der Waals surface area contributed by atoms with Gasteiger partial charge >= 0.3 is 0 Å². The van der Waals surface area contributed by atoms with E-state index in [2.05, 4.69) is 30.4 Å². The fraction of sp³-hybridized carbons (Fsp3) is 0.333. The van der Waals surface area contributed by atoms with Crippen LogP contribution in [0.3, 0.4) is 0 Å². The number of hydrogen-bond donors (Lipinski definition) is 3. The largest absolute Gasteiger partial charge is 0.383 e. The van der Waals surface area contributed by atoms with Crippen LogP contribution in [-0.2, 0) is 6.54 Å². The molecular weight excluding hydrogens is 383 g/mol. The van der Waals surface area contributed by atoms with Crippen molar-refractivity contribution in [2.24, 2.45) is 0 Å². The van der Waals surface area contributed by atoms with E-state index >= 15 is 0 Å². The van der Waals surface area contributed by atoms with Crippen LogP contribution in [0.2, 0.25) is 0 Å². The molecule has 4 aromatic rings. The van der Waals surface area contributed by atoms with Gasteiger partial charge < -0.3 is 10.6 Å². The average molecular weight is 406 g/mol. The fourth-order valence-corrected chi connectivity index (χ4v) is 3.68. The second kappa shape index (κ2) is 7.08.